The molecule has 4 heteroatoms. The van der Waals surface area contributed by atoms with Crippen LogP contribution < -0.4 is 4.74 Å². The summed E-state index contributed by atoms with van der Waals surface area (Å²) in [6, 6.07) is 3.90. The van der Waals surface area contributed by atoms with Gasteiger partial charge in [-0.25, -0.2) is 4.98 Å². The maximum atomic E-state index is 5.11. The van der Waals surface area contributed by atoms with Crippen molar-refractivity contribution in [2.45, 2.75) is 12.2 Å². The zero-order valence-electron chi connectivity index (χ0n) is 7.02. The first-order chi connectivity index (χ1) is 5.79. The average Bonchev–Trinajstić information content (AvgIpc) is 2.16. The first kappa shape index (κ1) is 9.74. The van der Waals surface area contributed by atoms with Gasteiger partial charge >= 0.3 is 0 Å². The molecule has 0 radical (unpaired) electrons. The number of aromatic nitrogens is 1. The highest BCUT2D eigenvalue weighted by Crippen LogP contribution is 2.34. The highest BCUT2D eigenvalue weighted by atomic mass is 33.1. The van der Waals surface area contributed by atoms with Crippen molar-refractivity contribution >= 4 is 22.5 Å². The third-order valence-electron chi connectivity index (χ3n) is 1.59. The van der Waals surface area contributed by atoms with Gasteiger partial charge in [0.1, 0.15) is 0 Å². The first-order valence-corrected chi connectivity index (χ1v) is 5.52. The van der Waals surface area contributed by atoms with Crippen molar-refractivity contribution < 1.29 is 4.74 Å². The summed E-state index contributed by atoms with van der Waals surface area (Å²) in [6.45, 7) is 2.07. The van der Waals surface area contributed by atoms with Crippen LogP contribution in [0.25, 0.3) is 0 Å². The minimum atomic E-state index is 0.303. The van der Waals surface area contributed by atoms with Gasteiger partial charge in [-0.3, -0.25) is 0 Å². The molecule has 1 aromatic rings. The molecule has 0 aliphatic rings. The molecule has 0 amide bonds. The Hall–Kier alpha value is -0.350. The summed E-state index contributed by atoms with van der Waals surface area (Å²) in [6.07, 6.45) is 1.72. The van der Waals surface area contributed by atoms with Crippen LogP contribution in [0.4, 0.5) is 0 Å². The lowest BCUT2D eigenvalue weighted by molar-refractivity contribution is 0.393. The van der Waals surface area contributed by atoms with Gasteiger partial charge in [-0.15, -0.1) is 11.7 Å². The van der Waals surface area contributed by atoms with Crippen molar-refractivity contribution in [3.63, 3.8) is 0 Å². The van der Waals surface area contributed by atoms with E-state index in [-0.39, 0.29) is 0 Å². The Bertz CT molecular complexity index is 255. The van der Waals surface area contributed by atoms with E-state index in [2.05, 4.69) is 23.6 Å². The molecule has 1 aromatic heterocycles. The molecular formula is C8H11NOS2. The molecule has 2 nitrogen and oxygen atoms in total. The Morgan fingerprint density at radius 1 is 1.67 bits per heavy atom. The largest absolute Gasteiger partial charge is 0.481 e. The minimum Gasteiger partial charge on any atom is -0.481 e. The maximum Gasteiger partial charge on any atom is 0.217 e. The molecule has 0 spiro atoms. The highest BCUT2D eigenvalue weighted by Gasteiger charge is 2.10. The van der Waals surface area contributed by atoms with Crippen molar-refractivity contribution in [3.05, 3.63) is 23.9 Å². The van der Waals surface area contributed by atoms with Gasteiger partial charge < -0.3 is 4.74 Å². The van der Waals surface area contributed by atoms with Crippen LogP contribution in [-0.2, 0) is 0 Å². The molecule has 0 aliphatic heterocycles. The predicted molar refractivity (Wildman–Crippen MR) is 55.8 cm³/mol. The van der Waals surface area contributed by atoms with E-state index in [1.165, 1.54) is 10.8 Å². The fourth-order valence-corrected chi connectivity index (χ4v) is 1.57. The van der Waals surface area contributed by atoms with E-state index in [0.29, 0.717) is 11.1 Å². The summed E-state index contributed by atoms with van der Waals surface area (Å²) in [5.41, 5.74) is 1.08. The van der Waals surface area contributed by atoms with Crippen LogP contribution in [-0.4, -0.2) is 12.1 Å². The SMILES string of the molecule is COc1ncccc1C(C)SS. The Labute approximate surface area is 81.5 Å². The third-order valence-corrected chi connectivity index (χ3v) is 3.11. The van der Waals surface area contributed by atoms with Gasteiger partial charge in [0, 0.05) is 17.0 Å². The summed E-state index contributed by atoms with van der Waals surface area (Å²) in [7, 11) is 3.11. The van der Waals surface area contributed by atoms with Crippen LogP contribution in [0.15, 0.2) is 18.3 Å². The minimum absolute atomic E-state index is 0.303. The lowest BCUT2D eigenvalue weighted by atomic mass is 10.2. The van der Waals surface area contributed by atoms with E-state index < -0.39 is 0 Å². The van der Waals surface area contributed by atoms with E-state index in [1.807, 2.05) is 12.1 Å². The van der Waals surface area contributed by atoms with Crippen molar-refractivity contribution in [2.24, 2.45) is 0 Å². The second-order valence-electron chi connectivity index (χ2n) is 2.35. The van der Waals surface area contributed by atoms with Crippen molar-refractivity contribution in [3.8, 4) is 5.88 Å². The van der Waals surface area contributed by atoms with Crippen LogP contribution in [0, 0.1) is 0 Å². The predicted octanol–water partition coefficient (Wildman–Crippen LogP) is 2.73. The normalized spacial score (nSPS) is 12.6. The standard InChI is InChI=1S/C8H11NOS2/c1-6(12-11)7-4-3-5-9-8(7)10-2/h3-6,11H,1-2H3. The van der Waals surface area contributed by atoms with Crippen molar-refractivity contribution in [1.82, 2.24) is 4.98 Å². The second kappa shape index (κ2) is 4.62. The van der Waals surface area contributed by atoms with Crippen LogP contribution in [0.5, 0.6) is 5.88 Å². The molecule has 0 N–H and O–H groups in total. The van der Waals surface area contributed by atoms with E-state index in [0.717, 1.165) is 5.56 Å². The number of hydrogen-bond donors (Lipinski definition) is 1. The zero-order chi connectivity index (χ0) is 8.97. The number of hydrogen-bond acceptors (Lipinski definition) is 4. The molecule has 1 rings (SSSR count). The van der Waals surface area contributed by atoms with Gasteiger partial charge in [0.15, 0.2) is 0 Å². The molecule has 1 heterocycles. The van der Waals surface area contributed by atoms with Gasteiger partial charge in [0.25, 0.3) is 0 Å². The number of rotatable bonds is 3. The van der Waals surface area contributed by atoms with Crippen LogP contribution >= 0.6 is 22.5 Å². The van der Waals surface area contributed by atoms with Crippen LogP contribution in [0.1, 0.15) is 17.7 Å². The fourth-order valence-electron chi connectivity index (χ4n) is 0.940. The smallest absolute Gasteiger partial charge is 0.217 e. The zero-order valence-corrected chi connectivity index (χ0v) is 8.73. The second-order valence-corrected chi connectivity index (χ2v) is 3.90. The lowest BCUT2D eigenvalue weighted by Gasteiger charge is -2.10. The van der Waals surface area contributed by atoms with Crippen LogP contribution in [0.3, 0.4) is 0 Å². The summed E-state index contributed by atoms with van der Waals surface area (Å²) in [5.74, 6) is 0.687. The average molecular weight is 201 g/mol. The molecule has 12 heavy (non-hydrogen) atoms. The van der Waals surface area contributed by atoms with E-state index in [1.54, 1.807) is 13.3 Å². The molecule has 0 saturated carbocycles. The fraction of sp³-hybridized carbons (Fsp3) is 0.375. The van der Waals surface area contributed by atoms with Gasteiger partial charge in [0.2, 0.25) is 5.88 Å². The molecule has 0 saturated heterocycles. The Kier molecular flexibility index (Phi) is 3.75. The molecule has 0 aliphatic carbocycles. The van der Waals surface area contributed by atoms with Gasteiger partial charge in [-0.2, -0.15) is 0 Å². The van der Waals surface area contributed by atoms with E-state index >= 15 is 0 Å². The highest BCUT2D eigenvalue weighted by molar-refractivity contribution is 8.68. The van der Waals surface area contributed by atoms with Gasteiger partial charge in [-0.05, 0) is 13.0 Å². The molecule has 0 aromatic carbocycles. The maximum absolute atomic E-state index is 5.11. The Balaban J connectivity index is 2.96. The van der Waals surface area contributed by atoms with E-state index in [9.17, 15) is 0 Å². The molecule has 1 atom stereocenters. The monoisotopic (exact) mass is 201 g/mol. The Morgan fingerprint density at radius 3 is 3.00 bits per heavy atom. The van der Waals surface area contributed by atoms with Crippen molar-refractivity contribution in [2.75, 3.05) is 7.11 Å². The molecule has 0 bridgehead atoms. The number of methoxy groups -OCH3 is 1. The first-order valence-electron chi connectivity index (χ1n) is 3.58. The molecule has 66 valence electrons. The summed E-state index contributed by atoms with van der Waals surface area (Å²) in [5, 5.41) is 0.303. The van der Waals surface area contributed by atoms with Crippen LogP contribution in [0.2, 0.25) is 0 Å². The molecule has 0 fully saturated rings. The van der Waals surface area contributed by atoms with Gasteiger partial charge in [0.05, 0.1) is 7.11 Å². The molecule has 1 unspecified atom stereocenters. The van der Waals surface area contributed by atoms with E-state index in [4.69, 9.17) is 4.74 Å². The number of thiol groups is 1. The number of ether oxygens (including phenoxy) is 1. The Morgan fingerprint density at radius 2 is 2.42 bits per heavy atom. The number of pyridine rings is 1. The summed E-state index contributed by atoms with van der Waals surface area (Å²) in [4.78, 5) is 4.10. The third kappa shape index (κ3) is 2.08. The van der Waals surface area contributed by atoms with Crippen molar-refractivity contribution in [1.29, 1.82) is 0 Å². The summed E-state index contributed by atoms with van der Waals surface area (Å²) >= 11 is 4.15. The topological polar surface area (TPSA) is 22.1 Å². The lowest BCUT2D eigenvalue weighted by Crippen LogP contribution is -1.95. The quantitative estimate of drug-likeness (QED) is 0.600. The number of nitrogens with zero attached hydrogens (tertiary/aromatic N) is 1. The van der Waals surface area contributed by atoms with Gasteiger partial charge in [-0.1, -0.05) is 16.9 Å². The summed E-state index contributed by atoms with van der Waals surface area (Å²) < 4.78 is 5.11. The molecular weight excluding hydrogens is 190 g/mol.